The van der Waals surface area contributed by atoms with Crippen LogP contribution in [0.5, 0.6) is 0 Å². The number of rotatable bonds is 2. The molecule has 0 unspecified atom stereocenters. The van der Waals surface area contributed by atoms with Crippen molar-refractivity contribution in [2.75, 3.05) is 20.1 Å². The Morgan fingerprint density at radius 3 is 2.58 bits per heavy atom. The molecule has 5 heteroatoms. The average molecular weight is 172 g/mol. The van der Waals surface area contributed by atoms with Crippen molar-refractivity contribution in [3.63, 3.8) is 0 Å². The molecule has 0 spiro atoms. The van der Waals surface area contributed by atoms with Crippen LogP contribution in [0, 0.1) is 5.92 Å². The van der Waals surface area contributed by atoms with Crippen LogP contribution in [-0.4, -0.2) is 42.1 Å². The number of likely N-dealkylation sites (tertiary alicyclic amines) is 1. The molecule has 1 fully saturated rings. The Kier molecular flexibility index (Phi) is 2.52. The SMILES string of the molecule is CNC(=O)CC1CN(C(=O)O)C1. The highest BCUT2D eigenvalue weighted by molar-refractivity contribution is 5.76. The summed E-state index contributed by atoms with van der Waals surface area (Å²) < 4.78 is 0. The van der Waals surface area contributed by atoms with Crippen LogP contribution in [0.15, 0.2) is 0 Å². The first kappa shape index (κ1) is 8.83. The van der Waals surface area contributed by atoms with E-state index < -0.39 is 6.09 Å². The van der Waals surface area contributed by atoms with Gasteiger partial charge in [-0.2, -0.15) is 0 Å². The molecule has 0 atom stereocenters. The lowest BCUT2D eigenvalue weighted by Gasteiger charge is -2.36. The lowest BCUT2D eigenvalue weighted by Crippen LogP contribution is -2.50. The average Bonchev–Trinajstić information content (AvgIpc) is 1.94. The number of carbonyl (C=O) groups is 2. The molecule has 0 aromatic heterocycles. The number of nitrogens with zero attached hydrogens (tertiary/aromatic N) is 1. The first-order valence-electron chi connectivity index (χ1n) is 3.82. The minimum atomic E-state index is -0.900. The normalized spacial score (nSPS) is 16.9. The van der Waals surface area contributed by atoms with Gasteiger partial charge in [0.25, 0.3) is 0 Å². The van der Waals surface area contributed by atoms with E-state index in [2.05, 4.69) is 5.32 Å². The van der Waals surface area contributed by atoms with E-state index in [-0.39, 0.29) is 11.8 Å². The van der Waals surface area contributed by atoms with E-state index in [1.54, 1.807) is 7.05 Å². The number of amides is 2. The molecule has 1 rings (SSSR count). The van der Waals surface area contributed by atoms with Gasteiger partial charge in [0.2, 0.25) is 5.91 Å². The fraction of sp³-hybridized carbons (Fsp3) is 0.714. The molecule has 0 radical (unpaired) electrons. The first-order valence-corrected chi connectivity index (χ1v) is 3.82. The van der Waals surface area contributed by atoms with Crippen LogP contribution < -0.4 is 5.32 Å². The van der Waals surface area contributed by atoms with Gasteiger partial charge in [-0.05, 0) is 0 Å². The molecule has 1 aliphatic heterocycles. The molecule has 2 amide bonds. The monoisotopic (exact) mass is 172 g/mol. The van der Waals surface area contributed by atoms with E-state index in [0.29, 0.717) is 19.5 Å². The van der Waals surface area contributed by atoms with Crippen molar-refractivity contribution in [3.8, 4) is 0 Å². The summed E-state index contributed by atoms with van der Waals surface area (Å²) in [5.74, 6) is 0.186. The Bertz CT molecular complexity index is 199. The van der Waals surface area contributed by atoms with Gasteiger partial charge >= 0.3 is 6.09 Å². The zero-order chi connectivity index (χ0) is 9.14. The molecule has 0 aromatic carbocycles. The zero-order valence-electron chi connectivity index (χ0n) is 6.91. The van der Waals surface area contributed by atoms with Crippen LogP contribution in [-0.2, 0) is 4.79 Å². The number of carboxylic acid groups (broad SMARTS) is 1. The standard InChI is InChI=1S/C7H12N2O3/c1-8-6(10)2-5-3-9(4-5)7(11)12/h5H,2-4H2,1H3,(H,8,10)(H,11,12). The Morgan fingerprint density at radius 2 is 2.17 bits per heavy atom. The van der Waals surface area contributed by atoms with Crippen LogP contribution in [0.4, 0.5) is 4.79 Å². The topological polar surface area (TPSA) is 69.6 Å². The second kappa shape index (κ2) is 3.42. The minimum Gasteiger partial charge on any atom is -0.465 e. The van der Waals surface area contributed by atoms with Gasteiger partial charge in [-0.15, -0.1) is 0 Å². The Balaban J connectivity index is 2.17. The second-order valence-corrected chi connectivity index (χ2v) is 2.93. The van der Waals surface area contributed by atoms with Crippen LogP contribution in [0.3, 0.4) is 0 Å². The largest absolute Gasteiger partial charge is 0.465 e. The fourth-order valence-corrected chi connectivity index (χ4v) is 1.22. The first-order chi connectivity index (χ1) is 5.63. The van der Waals surface area contributed by atoms with Crippen molar-refractivity contribution >= 4 is 12.0 Å². The molecule has 0 bridgehead atoms. The summed E-state index contributed by atoms with van der Waals surface area (Å²) in [6, 6.07) is 0. The molecular weight excluding hydrogens is 160 g/mol. The van der Waals surface area contributed by atoms with Crippen LogP contribution >= 0.6 is 0 Å². The van der Waals surface area contributed by atoms with Gasteiger partial charge < -0.3 is 15.3 Å². The third kappa shape index (κ3) is 1.87. The van der Waals surface area contributed by atoms with Crippen molar-refractivity contribution in [1.29, 1.82) is 0 Å². The Labute approximate surface area is 70.4 Å². The van der Waals surface area contributed by atoms with Gasteiger partial charge in [-0.25, -0.2) is 4.79 Å². The molecule has 0 saturated carbocycles. The van der Waals surface area contributed by atoms with E-state index in [1.165, 1.54) is 4.90 Å². The molecule has 0 aliphatic carbocycles. The van der Waals surface area contributed by atoms with Crippen molar-refractivity contribution in [2.45, 2.75) is 6.42 Å². The number of carbonyl (C=O) groups excluding carboxylic acids is 1. The molecule has 0 aromatic rings. The van der Waals surface area contributed by atoms with Crippen molar-refractivity contribution in [1.82, 2.24) is 10.2 Å². The van der Waals surface area contributed by atoms with Gasteiger partial charge in [-0.1, -0.05) is 0 Å². The maximum absolute atomic E-state index is 10.8. The number of hydrogen-bond donors (Lipinski definition) is 2. The van der Waals surface area contributed by atoms with Crippen LogP contribution in [0.2, 0.25) is 0 Å². The molecule has 12 heavy (non-hydrogen) atoms. The van der Waals surface area contributed by atoms with E-state index in [0.717, 1.165) is 0 Å². The van der Waals surface area contributed by atoms with E-state index >= 15 is 0 Å². The van der Waals surface area contributed by atoms with Crippen molar-refractivity contribution in [3.05, 3.63) is 0 Å². The van der Waals surface area contributed by atoms with E-state index in [1.807, 2.05) is 0 Å². The third-order valence-corrected chi connectivity index (χ3v) is 1.98. The summed E-state index contributed by atoms with van der Waals surface area (Å²) in [5.41, 5.74) is 0. The smallest absolute Gasteiger partial charge is 0.407 e. The van der Waals surface area contributed by atoms with Gasteiger partial charge in [0.05, 0.1) is 0 Å². The molecule has 5 nitrogen and oxygen atoms in total. The zero-order valence-corrected chi connectivity index (χ0v) is 6.91. The molecule has 2 N–H and O–H groups in total. The molecular formula is C7H12N2O3. The maximum atomic E-state index is 10.8. The molecule has 1 aliphatic rings. The van der Waals surface area contributed by atoms with Crippen LogP contribution in [0.25, 0.3) is 0 Å². The van der Waals surface area contributed by atoms with Gasteiger partial charge in [-0.3, -0.25) is 4.79 Å². The maximum Gasteiger partial charge on any atom is 0.407 e. The number of nitrogens with one attached hydrogen (secondary N) is 1. The Hall–Kier alpha value is -1.26. The summed E-state index contributed by atoms with van der Waals surface area (Å²) in [6.45, 7) is 0.978. The summed E-state index contributed by atoms with van der Waals surface area (Å²) in [4.78, 5) is 22.4. The van der Waals surface area contributed by atoms with E-state index in [9.17, 15) is 9.59 Å². The second-order valence-electron chi connectivity index (χ2n) is 2.93. The summed E-state index contributed by atoms with van der Waals surface area (Å²) in [7, 11) is 1.58. The summed E-state index contributed by atoms with van der Waals surface area (Å²) in [6.07, 6.45) is -0.469. The van der Waals surface area contributed by atoms with Crippen molar-refractivity contribution < 1.29 is 14.7 Å². The lowest BCUT2D eigenvalue weighted by molar-refractivity contribution is -0.122. The van der Waals surface area contributed by atoms with Gasteiger partial charge in [0.1, 0.15) is 0 Å². The molecule has 1 saturated heterocycles. The Morgan fingerprint density at radius 1 is 1.58 bits per heavy atom. The highest BCUT2D eigenvalue weighted by atomic mass is 16.4. The predicted molar refractivity (Wildman–Crippen MR) is 41.8 cm³/mol. The van der Waals surface area contributed by atoms with Gasteiger partial charge in [0.15, 0.2) is 0 Å². The highest BCUT2D eigenvalue weighted by Gasteiger charge is 2.31. The molecule has 1 heterocycles. The summed E-state index contributed by atoms with van der Waals surface area (Å²) in [5, 5.41) is 11.0. The number of hydrogen-bond acceptors (Lipinski definition) is 2. The fourth-order valence-electron chi connectivity index (χ4n) is 1.22. The van der Waals surface area contributed by atoms with Gasteiger partial charge in [0, 0.05) is 32.5 Å². The minimum absolute atomic E-state index is 0.0231. The van der Waals surface area contributed by atoms with Crippen LogP contribution in [0.1, 0.15) is 6.42 Å². The predicted octanol–water partition coefficient (Wildman–Crippen LogP) is -0.268. The summed E-state index contributed by atoms with van der Waals surface area (Å²) >= 11 is 0. The van der Waals surface area contributed by atoms with E-state index in [4.69, 9.17) is 5.11 Å². The van der Waals surface area contributed by atoms with Crippen molar-refractivity contribution in [2.24, 2.45) is 5.92 Å². The molecule has 68 valence electrons. The highest BCUT2D eigenvalue weighted by Crippen LogP contribution is 2.18. The third-order valence-electron chi connectivity index (χ3n) is 1.98. The lowest BCUT2D eigenvalue weighted by atomic mass is 9.97. The quantitative estimate of drug-likeness (QED) is 0.602.